The lowest BCUT2D eigenvalue weighted by Gasteiger charge is -2.23. The molecular weight excluding hydrogens is 226 g/mol. The second-order valence-electron chi connectivity index (χ2n) is 4.04. The first-order chi connectivity index (χ1) is 7.63. The van der Waals surface area contributed by atoms with Crippen LogP contribution in [0.5, 0.6) is 0 Å². The highest BCUT2D eigenvalue weighted by Gasteiger charge is 2.23. The van der Waals surface area contributed by atoms with Gasteiger partial charge in [-0.1, -0.05) is 6.92 Å². The Morgan fingerprint density at radius 3 is 3.00 bits per heavy atom. The van der Waals surface area contributed by atoms with Crippen LogP contribution < -0.4 is 16.0 Å². The molecule has 3 N–H and O–H groups in total. The van der Waals surface area contributed by atoms with Gasteiger partial charge in [0.2, 0.25) is 11.8 Å². The molecule has 1 aliphatic rings. The van der Waals surface area contributed by atoms with E-state index in [0.29, 0.717) is 19.0 Å². The van der Waals surface area contributed by atoms with Crippen LogP contribution in [0.4, 0.5) is 0 Å². The van der Waals surface area contributed by atoms with Gasteiger partial charge in [-0.25, -0.2) is 0 Å². The summed E-state index contributed by atoms with van der Waals surface area (Å²) in [6.07, 6.45) is 2.05. The maximum atomic E-state index is 11.7. The van der Waals surface area contributed by atoms with Crippen LogP contribution in [-0.4, -0.2) is 49.5 Å². The number of carbonyl (C=O) groups excluding carboxylic acids is 2. The average Bonchev–Trinajstić information content (AvgIpc) is 2.27. The molecule has 0 spiro atoms. The fraction of sp³-hybridized carbons (Fsp3) is 0.800. The maximum Gasteiger partial charge on any atom is 0.238 e. The van der Waals surface area contributed by atoms with Gasteiger partial charge in [-0.2, -0.15) is 11.8 Å². The molecule has 1 aliphatic heterocycles. The molecule has 0 saturated carbocycles. The monoisotopic (exact) mass is 245 g/mol. The zero-order chi connectivity index (χ0) is 12.0. The zero-order valence-electron chi connectivity index (χ0n) is 9.71. The van der Waals surface area contributed by atoms with Crippen LogP contribution in [0, 0.1) is 5.92 Å². The Bertz CT molecular complexity index is 250. The maximum absolute atomic E-state index is 11.7. The first kappa shape index (κ1) is 13.3. The van der Waals surface area contributed by atoms with Gasteiger partial charge in [-0.15, -0.1) is 0 Å². The average molecular weight is 245 g/mol. The SMILES string of the molecule is CSCC(C)CNC(=O)C1CNC(=O)CN1. The molecule has 16 heavy (non-hydrogen) atoms. The van der Waals surface area contributed by atoms with Crippen LogP contribution in [0.15, 0.2) is 0 Å². The van der Waals surface area contributed by atoms with Crippen molar-refractivity contribution in [2.24, 2.45) is 5.92 Å². The number of amides is 2. The van der Waals surface area contributed by atoms with E-state index in [2.05, 4.69) is 29.1 Å². The molecular formula is C10H19N3O2S. The second-order valence-corrected chi connectivity index (χ2v) is 4.95. The van der Waals surface area contributed by atoms with E-state index in [4.69, 9.17) is 0 Å². The lowest BCUT2D eigenvalue weighted by Crippen LogP contribution is -2.58. The van der Waals surface area contributed by atoms with Crippen molar-refractivity contribution >= 4 is 23.6 Å². The fourth-order valence-corrected chi connectivity index (χ4v) is 2.18. The third-order valence-corrected chi connectivity index (χ3v) is 3.31. The summed E-state index contributed by atoms with van der Waals surface area (Å²) in [7, 11) is 0. The van der Waals surface area contributed by atoms with Crippen LogP contribution in [0.1, 0.15) is 6.92 Å². The topological polar surface area (TPSA) is 70.2 Å². The van der Waals surface area contributed by atoms with Gasteiger partial charge < -0.3 is 10.6 Å². The molecule has 1 fully saturated rings. The van der Waals surface area contributed by atoms with Crippen LogP contribution in [0.25, 0.3) is 0 Å². The van der Waals surface area contributed by atoms with Gasteiger partial charge in [0.1, 0.15) is 6.04 Å². The quantitative estimate of drug-likeness (QED) is 0.592. The lowest BCUT2D eigenvalue weighted by molar-refractivity contribution is -0.126. The summed E-state index contributed by atoms with van der Waals surface area (Å²) >= 11 is 1.77. The van der Waals surface area contributed by atoms with E-state index in [1.807, 2.05) is 0 Å². The van der Waals surface area contributed by atoms with Crippen molar-refractivity contribution in [2.45, 2.75) is 13.0 Å². The Morgan fingerprint density at radius 1 is 1.69 bits per heavy atom. The van der Waals surface area contributed by atoms with E-state index in [-0.39, 0.29) is 24.4 Å². The number of rotatable bonds is 5. The summed E-state index contributed by atoms with van der Waals surface area (Å²) < 4.78 is 0. The standard InChI is InChI=1S/C10H19N3O2S/c1-7(6-16-2)3-13-10(15)8-4-12-9(14)5-11-8/h7-8,11H,3-6H2,1-2H3,(H,12,14)(H,13,15). The van der Waals surface area contributed by atoms with Crippen LogP contribution >= 0.6 is 11.8 Å². The molecule has 0 aromatic heterocycles. The van der Waals surface area contributed by atoms with Gasteiger partial charge in [0.25, 0.3) is 0 Å². The first-order valence-corrected chi connectivity index (χ1v) is 6.79. The third-order valence-electron chi connectivity index (χ3n) is 2.40. The Balaban J connectivity index is 2.22. The molecule has 0 aliphatic carbocycles. The van der Waals surface area contributed by atoms with E-state index < -0.39 is 0 Å². The van der Waals surface area contributed by atoms with Crippen molar-refractivity contribution < 1.29 is 9.59 Å². The number of nitrogens with one attached hydrogen (secondary N) is 3. The Morgan fingerprint density at radius 2 is 2.44 bits per heavy atom. The van der Waals surface area contributed by atoms with Crippen LogP contribution in [0.2, 0.25) is 0 Å². The number of piperazine rings is 1. The molecule has 0 bridgehead atoms. The van der Waals surface area contributed by atoms with Gasteiger partial charge in [-0.05, 0) is 17.9 Å². The van der Waals surface area contributed by atoms with Crippen LogP contribution in [-0.2, 0) is 9.59 Å². The molecule has 5 nitrogen and oxygen atoms in total. The molecule has 1 heterocycles. The van der Waals surface area contributed by atoms with Crippen molar-refractivity contribution in [3.63, 3.8) is 0 Å². The van der Waals surface area contributed by atoms with Crippen molar-refractivity contribution in [1.82, 2.24) is 16.0 Å². The summed E-state index contributed by atoms with van der Waals surface area (Å²) in [4.78, 5) is 22.6. The molecule has 0 aromatic rings. The smallest absolute Gasteiger partial charge is 0.238 e. The molecule has 92 valence electrons. The van der Waals surface area contributed by atoms with Gasteiger partial charge in [0.15, 0.2) is 0 Å². The molecule has 0 radical (unpaired) electrons. The van der Waals surface area contributed by atoms with Crippen molar-refractivity contribution in [3.05, 3.63) is 0 Å². The minimum Gasteiger partial charge on any atom is -0.354 e. The number of hydrogen-bond acceptors (Lipinski definition) is 4. The largest absolute Gasteiger partial charge is 0.354 e. The van der Waals surface area contributed by atoms with E-state index in [9.17, 15) is 9.59 Å². The van der Waals surface area contributed by atoms with Crippen molar-refractivity contribution in [1.29, 1.82) is 0 Å². The van der Waals surface area contributed by atoms with E-state index in [0.717, 1.165) is 5.75 Å². The lowest BCUT2D eigenvalue weighted by atomic mass is 10.2. The van der Waals surface area contributed by atoms with Crippen LogP contribution in [0.3, 0.4) is 0 Å². The van der Waals surface area contributed by atoms with E-state index in [1.54, 1.807) is 11.8 Å². The molecule has 0 aromatic carbocycles. The van der Waals surface area contributed by atoms with Gasteiger partial charge in [0.05, 0.1) is 6.54 Å². The molecule has 1 saturated heterocycles. The summed E-state index contributed by atoms with van der Waals surface area (Å²) in [6.45, 7) is 3.39. The Labute approximate surface area is 100 Å². The summed E-state index contributed by atoms with van der Waals surface area (Å²) in [6, 6.07) is -0.292. The highest BCUT2D eigenvalue weighted by Crippen LogP contribution is 2.02. The number of hydrogen-bond donors (Lipinski definition) is 3. The normalized spacial score (nSPS) is 22.4. The predicted molar refractivity (Wildman–Crippen MR) is 65.4 cm³/mol. The Kier molecular flexibility index (Phi) is 5.62. The molecule has 1 rings (SSSR count). The summed E-state index contributed by atoms with van der Waals surface area (Å²) in [5.41, 5.74) is 0. The minimum atomic E-state index is -0.292. The third kappa shape index (κ3) is 4.40. The highest BCUT2D eigenvalue weighted by molar-refractivity contribution is 7.98. The summed E-state index contributed by atoms with van der Waals surface area (Å²) in [5, 5.41) is 8.44. The van der Waals surface area contributed by atoms with E-state index in [1.165, 1.54) is 0 Å². The molecule has 2 atom stereocenters. The molecule has 2 unspecified atom stereocenters. The number of thioether (sulfide) groups is 1. The fourth-order valence-electron chi connectivity index (χ4n) is 1.49. The van der Waals surface area contributed by atoms with Gasteiger partial charge in [0, 0.05) is 13.1 Å². The molecule has 6 heteroatoms. The van der Waals surface area contributed by atoms with Gasteiger partial charge in [-0.3, -0.25) is 14.9 Å². The van der Waals surface area contributed by atoms with E-state index >= 15 is 0 Å². The number of carbonyl (C=O) groups is 2. The van der Waals surface area contributed by atoms with Gasteiger partial charge >= 0.3 is 0 Å². The summed E-state index contributed by atoms with van der Waals surface area (Å²) in [5.74, 6) is 1.42. The minimum absolute atomic E-state index is 0.0343. The van der Waals surface area contributed by atoms with Crippen molar-refractivity contribution in [2.75, 3.05) is 31.6 Å². The predicted octanol–water partition coefficient (Wildman–Crippen LogP) is -0.810. The first-order valence-electron chi connectivity index (χ1n) is 5.40. The Hall–Kier alpha value is -0.750. The zero-order valence-corrected chi connectivity index (χ0v) is 10.5. The van der Waals surface area contributed by atoms with Crippen molar-refractivity contribution in [3.8, 4) is 0 Å². The second kappa shape index (κ2) is 6.75. The molecule has 2 amide bonds. The highest BCUT2D eigenvalue weighted by atomic mass is 32.2.